The van der Waals surface area contributed by atoms with Crippen LogP contribution in [-0.2, 0) is 6.42 Å². The maximum Gasteiger partial charge on any atom is 0.244 e. The van der Waals surface area contributed by atoms with Crippen molar-refractivity contribution < 1.29 is 4.74 Å². The van der Waals surface area contributed by atoms with Gasteiger partial charge in [0.1, 0.15) is 5.75 Å². The minimum Gasteiger partial charge on any atom is -0.497 e. The molecule has 6 nitrogen and oxygen atoms in total. The molecular formula is C20H23N5O. The molecule has 0 spiro atoms. The van der Waals surface area contributed by atoms with E-state index in [2.05, 4.69) is 57.9 Å². The molecule has 0 bridgehead atoms. The number of ether oxygens (including phenoxy) is 1. The second kappa shape index (κ2) is 8.29. The van der Waals surface area contributed by atoms with E-state index < -0.39 is 0 Å². The highest BCUT2D eigenvalue weighted by Gasteiger charge is 2.04. The van der Waals surface area contributed by atoms with Gasteiger partial charge in [0.25, 0.3) is 0 Å². The highest BCUT2D eigenvalue weighted by atomic mass is 16.5. The molecule has 6 heteroatoms. The first-order valence-corrected chi connectivity index (χ1v) is 8.55. The third-order valence-electron chi connectivity index (χ3n) is 4.28. The summed E-state index contributed by atoms with van der Waals surface area (Å²) in [4.78, 5) is 4.48. The van der Waals surface area contributed by atoms with Crippen LogP contribution in [0.15, 0.2) is 48.7 Å². The number of hydrogen-bond acceptors (Lipinski definition) is 6. The lowest BCUT2D eigenvalue weighted by molar-refractivity contribution is 0.414. The predicted molar refractivity (Wildman–Crippen MR) is 104 cm³/mol. The van der Waals surface area contributed by atoms with Crippen molar-refractivity contribution in [3.05, 3.63) is 65.4 Å². The third-order valence-corrected chi connectivity index (χ3v) is 4.28. The number of anilines is 3. The van der Waals surface area contributed by atoms with Crippen molar-refractivity contribution in [3.63, 3.8) is 0 Å². The van der Waals surface area contributed by atoms with Crippen molar-refractivity contribution in [2.75, 3.05) is 24.3 Å². The first-order chi connectivity index (χ1) is 12.7. The Hall–Kier alpha value is -3.15. The molecule has 0 atom stereocenters. The molecule has 0 aliphatic rings. The van der Waals surface area contributed by atoms with Crippen LogP contribution in [0.25, 0.3) is 0 Å². The molecule has 1 aromatic heterocycles. The van der Waals surface area contributed by atoms with Gasteiger partial charge in [0.2, 0.25) is 5.95 Å². The summed E-state index contributed by atoms with van der Waals surface area (Å²) in [5.41, 5.74) is 4.67. The zero-order chi connectivity index (χ0) is 18.4. The van der Waals surface area contributed by atoms with Crippen molar-refractivity contribution in [1.29, 1.82) is 0 Å². The van der Waals surface area contributed by atoms with Crippen LogP contribution in [0.2, 0.25) is 0 Å². The van der Waals surface area contributed by atoms with Crippen LogP contribution >= 0.6 is 0 Å². The zero-order valence-corrected chi connectivity index (χ0v) is 15.3. The van der Waals surface area contributed by atoms with E-state index in [0.717, 1.165) is 24.4 Å². The number of aryl methyl sites for hydroxylation is 1. The van der Waals surface area contributed by atoms with E-state index in [0.29, 0.717) is 11.8 Å². The van der Waals surface area contributed by atoms with E-state index in [1.165, 1.54) is 16.7 Å². The molecule has 2 aromatic carbocycles. The fourth-order valence-electron chi connectivity index (χ4n) is 2.57. The summed E-state index contributed by atoms with van der Waals surface area (Å²) in [6.45, 7) is 4.89. The maximum absolute atomic E-state index is 5.17. The SMILES string of the molecule is COc1ccc(CCNc2nncc(Nc3cccc(C)c3C)n2)cc1. The van der Waals surface area contributed by atoms with Crippen molar-refractivity contribution in [2.24, 2.45) is 0 Å². The van der Waals surface area contributed by atoms with Gasteiger partial charge < -0.3 is 15.4 Å². The number of methoxy groups -OCH3 is 1. The molecule has 0 fully saturated rings. The number of benzene rings is 2. The summed E-state index contributed by atoms with van der Waals surface area (Å²) in [5.74, 6) is 2.04. The molecule has 0 saturated carbocycles. The molecule has 0 radical (unpaired) electrons. The van der Waals surface area contributed by atoms with Gasteiger partial charge in [-0.15, -0.1) is 5.10 Å². The minimum atomic E-state index is 0.508. The first kappa shape index (κ1) is 17.7. The molecule has 0 aliphatic heterocycles. The van der Waals surface area contributed by atoms with Gasteiger partial charge in [0.05, 0.1) is 13.3 Å². The molecule has 0 unspecified atom stereocenters. The van der Waals surface area contributed by atoms with Gasteiger partial charge in [0, 0.05) is 12.2 Å². The van der Waals surface area contributed by atoms with Crippen LogP contribution in [-0.4, -0.2) is 28.8 Å². The molecule has 134 valence electrons. The van der Waals surface area contributed by atoms with Gasteiger partial charge in [-0.2, -0.15) is 10.1 Å². The van der Waals surface area contributed by atoms with Gasteiger partial charge in [-0.3, -0.25) is 0 Å². The Bertz CT molecular complexity index is 864. The van der Waals surface area contributed by atoms with Gasteiger partial charge in [-0.1, -0.05) is 24.3 Å². The Balaban J connectivity index is 1.59. The molecular weight excluding hydrogens is 326 g/mol. The number of rotatable bonds is 7. The van der Waals surface area contributed by atoms with Crippen molar-refractivity contribution in [1.82, 2.24) is 15.2 Å². The highest BCUT2D eigenvalue weighted by Crippen LogP contribution is 2.21. The van der Waals surface area contributed by atoms with Gasteiger partial charge in [-0.05, 0) is 55.2 Å². The molecule has 26 heavy (non-hydrogen) atoms. The summed E-state index contributed by atoms with van der Waals surface area (Å²) in [5, 5.41) is 14.6. The van der Waals surface area contributed by atoms with Crippen LogP contribution in [0, 0.1) is 13.8 Å². The molecule has 0 saturated heterocycles. The molecule has 0 aliphatic carbocycles. The summed E-state index contributed by atoms with van der Waals surface area (Å²) < 4.78 is 5.17. The average molecular weight is 349 g/mol. The van der Waals surface area contributed by atoms with Gasteiger partial charge in [-0.25, -0.2) is 0 Å². The van der Waals surface area contributed by atoms with E-state index in [1.807, 2.05) is 24.3 Å². The molecule has 0 amide bonds. The molecule has 2 N–H and O–H groups in total. The Labute approximate surface area is 153 Å². The first-order valence-electron chi connectivity index (χ1n) is 8.55. The molecule has 1 heterocycles. The number of aromatic nitrogens is 3. The quantitative estimate of drug-likeness (QED) is 0.674. The standard InChI is InChI=1S/C20H23N5O/c1-14-5-4-6-18(15(14)2)23-19-13-22-25-20(24-19)21-12-11-16-7-9-17(26-3)10-8-16/h4-10,13H,11-12H2,1-3H3,(H2,21,23,24,25). The summed E-state index contributed by atoms with van der Waals surface area (Å²) in [7, 11) is 1.67. The topological polar surface area (TPSA) is 72.0 Å². The largest absolute Gasteiger partial charge is 0.497 e. The van der Waals surface area contributed by atoms with E-state index in [-0.39, 0.29) is 0 Å². The van der Waals surface area contributed by atoms with Crippen LogP contribution in [0.3, 0.4) is 0 Å². The van der Waals surface area contributed by atoms with E-state index in [4.69, 9.17) is 4.74 Å². The highest BCUT2D eigenvalue weighted by molar-refractivity contribution is 5.61. The lowest BCUT2D eigenvalue weighted by atomic mass is 10.1. The van der Waals surface area contributed by atoms with Crippen LogP contribution in [0.1, 0.15) is 16.7 Å². The lowest BCUT2D eigenvalue weighted by Crippen LogP contribution is -2.10. The van der Waals surface area contributed by atoms with Crippen LogP contribution < -0.4 is 15.4 Å². The second-order valence-corrected chi connectivity index (χ2v) is 6.06. The summed E-state index contributed by atoms with van der Waals surface area (Å²) >= 11 is 0. The monoisotopic (exact) mass is 349 g/mol. The van der Waals surface area contributed by atoms with Crippen LogP contribution in [0.5, 0.6) is 5.75 Å². The van der Waals surface area contributed by atoms with Gasteiger partial charge >= 0.3 is 0 Å². The second-order valence-electron chi connectivity index (χ2n) is 6.06. The minimum absolute atomic E-state index is 0.508. The summed E-state index contributed by atoms with van der Waals surface area (Å²) in [6.07, 6.45) is 2.48. The lowest BCUT2D eigenvalue weighted by Gasteiger charge is -2.11. The smallest absolute Gasteiger partial charge is 0.244 e. The molecule has 3 rings (SSSR count). The number of nitrogens with zero attached hydrogens (tertiary/aromatic N) is 3. The Morgan fingerprint density at radius 1 is 1.04 bits per heavy atom. The van der Waals surface area contributed by atoms with Crippen LogP contribution in [0.4, 0.5) is 17.5 Å². The fraction of sp³-hybridized carbons (Fsp3) is 0.250. The van der Waals surface area contributed by atoms with E-state index in [1.54, 1.807) is 13.3 Å². The third kappa shape index (κ3) is 4.47. The number of hydrogen-bond donors (Lipinski definition) is 2. The summed E-state index contributed by atoms with van der Waals surface area (Å²) in [6, 6.07) is 14.2. The Morgan fingerprint density at radius 3 is 2.62 bits per heavy atom. The van der Waals surface area contributed by atoms with E-state index in [9.17, 15) is 0 Å². The molecule has 3 aromatic rings. The zero-order valence-electron chi connectivity index (χ0n) is 15.3. The van der Waals surface area contributed by atoms with E-state index >= 15 is 0 Å². The maximum atomic E-state index is 5.17. The Kier molecular flexibility index (Phi) is 5.63. The number of nitrogens with one attached hydrogen (secondary N) is 2. The van der Waals surface area contributed by atoms with Crippen molar-refractivity contribution in [2.45, 2.75) is 20.3 Å². The fourth-order valence-corrected chi connectivity index (χ4v) is 2.57. The normalized spacial score (nSPS) is 10.4. The van der Waals surface area contributed by atoms with Crippen molar-refractivity contribution >= 4 is 17.5 Å². The van der Waals surface area contributed by atoms with Crippen molar-refractivity contribution in [3.8, 4) is 5.75 Å². The Morgan fingerprint density at radius 2 is 1.85 bits per heavy atom. The predicted octanol–water partition coefficient (Wildman–Crippen LogP) is 3.90. The average Bonchev–Trinajstić information content (AvgIpc) is 2.66. The van der Waals surface area contributed by atoms with Gasteiger partial charge in [0.15, 0.2) is 5.82 Å².